The second-order valence-electron chi connectivity index (χ2n) is 5.55. The molecule has 0 spiro atoms. The van der Waals surface area contributed by atoms with Crippen LogP contribution in [0.1, 0.15) is 29.2 Å². The van der Waals surface area contributed by atoms with E-state index in [-0.39, 0.29) is 0 Å². The van der Waals surface area contributed by atoms with E-state index in [0.717, 1.165) is 22.4 Å². The van der Waals surface area contributed by atoms with Crippen LogP contribution in [0.5, 0.6) is 5.75 Å². The van der Waals surface area contributed by atoms with Gasteiger partial charge in [-0.2, -0.15) is 0 Å². The third-order valence-corrected chi connectivity index (χ3v) is 3.89. The van der Waals surface area contributed by atoms with Gasteiger partial charge in [-0.05, 0) is 55.2 Å². The first-order valence-corrected chi connectivity index (χ1v) is 6.86. The molecular formula is C18H22O2. The topological polar surface area (TPSA) is 29.5 Å². The molecule has 1 unspecified atom stereocenters. The molecule has 2 aromatic rings. The minimum Gasteiger partial charge on any atom is -0.497 e. The highest BCUT2D eigenvalue weighted by Gasteiger charge is 2.25. The summed E-state index contributed by atoms with van der Waals surface area (Å²) in [5.41, 5.74) is 3.58. The Bertz CT molecular complexity index is 583. The average Bonchev–Trinajstić information content (AvgIpc) is 2.42. The Morgan fingerprint density at radius 2 is 1.70 bits per heavy atom. The Morgan fingerprint density at radius 3 is 2.30 bits per heavy atom. The number of rotatable bonds is 4. The van der Waals surface area contributed by atoms with E-state index in [4.69, 9.17) is 4.74 Å². The normalized spacial score (nSPS) is 13.8. The molecular weight excluding hydrogens is 248 g/mol. The van der Waals surface area contributed by atoms with Crippen molar-refractivity contribution in [2.45, 2.75) is 32.8 Å². The lowest BCUT2D eigenvalue weighted by Gasteiger charge is -2.26. The Labute approximate surface area is 121 Å². The van der Waals surface area contributed by atoms with Gasteiger partial charge < -0.3 is 9.84 Å². The molecule has 0 bridgehead atoms. The molecule has 20 heavy (non-hydrogen) atoms. The van der Waals surface area contributed by atoms with Crippen molar-refractivity contribution in [3.8, 4) is 5.75 Å². The maximum Gasteiger partial charge on any atom is 0.118 e. The number of hydrogen-bond acceptors (Lipinski definition) is 2. The number of hydrogen-bond donors (Lipinski definition) is 1. The zero-order valence-electron chi connectivity index (χ0n) is 12.6. The van der Waals surface area contributed by atoms with Crippen LogP contribution in [0.4, 0.5) is 0 Å². The molecule has 106 valence electrons. The summed E-state index contributed by atoms with van der Waals surface area (Å²) >= 11 is 0. The Morgan fingerprint density at radius 1 is 1.05 bits per heavy atom. The van der Waals surface area contributed by atoms with Crippen molar-refractivity contribution in [1.82, 2.24) is 0 Å². The molecule has 0 radical (unpaired) electrons. The van der Waals surface area contributed by atoms with Gasteiger partial charge >= 0.3 is 0 Å². The number of ether oxygens (including phenoxy) is 1. The summed E-state index contributed by atoms with van der Waals surface area (Å²) in [6.07, 6.45) is 0.585. The van der Waals surface area contributed by atoms with Crippen LogP contribution in [0.2, 0.25) is 0 Å². The van der Waals surface area contributed by atoms with Crippen molar-refractivity contribution < 1.29 is 9.84 Å². The van der Waals surface area contributed by atoms with Crippen molar-refractivity contribution in [3.63, 3.8) is 0 Å². The maximum atomic E-state index is 10.8. The minimum absolute atomic E-state index is 0.585. The predicted octanol–water partition coefficient (Wildman–Crippen LogP) is 3.76. The van der Waals surface area contributed by atoms with E-state index in [1.807, 2.05) is 43.3 Å². The molecule has 2 nitrogen and oxygen atoms in total. The highest BCUT2D eigenvalue weighted by molar-refractivity contribution is 5.38. The molecule has 0 saturated carbocycles. The zero-order valence-corrected chi connectivity index (χ0v) is 12.6. The second-order valence-corrected chi connectivity index (χ2v) is 5.55. The first-order chi connectivity index (χ1) is 9.44. The van der Waals surface area contributed by atoms with Gasteiger partial charge in [0.1, 0.15) is 5.75 Å². The Kier molecular flexibility index (Phi) is 4.15. The molecule has 2 heteroatoms. The Balaban J connectivity index is 2.27. The van der Waals surface area contributed by atoms with Gasteiger partial charge in [0.15, 0.2) is 0 Å². The molecule has 1 atom stereocenters. The van der Waals surface area contributed by atoms with Crippen LogP contribution in [-0.2, 0) is 12.0 Å². The van der Waals surface area contributed by atoms with E-state index in [9.17, 15) is 5.11 Å². The van der Waals surface area contributed by atoms with Crippen LogP contribution in [-0.4, -0.2) is 12.2 Å². The summed E-state index contributed by atoms with van der Waals surface area (Å²) in [5, 5.41) is 10.8. The van der Waals surface area contributed by atoms with Gasteiger partial charge in [0.25, 0.3) is 0 Å². The number of methoxy groups -OCH3 is 1. The van der Waals surface area contributed by atoms with E-state index in [0.29, 0.717) is 6.42 Å². The summed E-state index contributed by atoms with van der Waals surface area (Å²) in [4.78, 5) is 0. The quantitative estimate of drug-likeness (QED) is 0.916. The van der Waals surface area contributed by atoms with Crippen LogP contribution in [0.3, 0.4) is 0 Å². The van der Waals surface area contributed by atoms with Gasteiger partial charge in [0.05, 0.1) is 12.7 Å². The number of aryl methyl sites for hydroxylation is 1. The third kappa shape index (κ3) is 3.02. The van der Waals surface area contributed by atoms with Gasteiger partial charge in [0.2, 0.25) is 0 Å². The lowest BCUT2D eigenvalue weighted by atomic mass is 9.85. The van der Waals surface area contributed by atoms with E-state index >= 15 is 0 Å². The molecule has 0 aliphatic rings. The first-order valence-electron chi connectivity index (χ1n) is 6.86. The summed E-state index contributed by atoms with van der Waals surface area (Å²) in [5.74, 6) is 0.833. The van der Waals surface area contributed by atoms with E-state index in [1.165, 1.54) is 5.56 Å². The molecule has 1 N–H and O–H groups in total. The standard InChI is InChI=1S/C18H22O2/c1-13-6-5-7-17(14(13)2)18(3,19)12-15-8-10-16(20-4)11-9-15/h5-11,19H,12H2,1-4H3. The predicted molar refractivity (Wildman–Crippen MR) is 82.2 cm³/mol. The molecule has 0 aliphatic heterocycles. The van der Waals surface area contributed by atoms with E-state index in [1.54, 1.807) is 7.11 Å². The van der Waals surface area contributed by atoms with Crippen molar-refractivity contribution in [2.24, 2.45) is 0 Å². The first kappa shape index (κ1) is 14.6. The van der Waals surface area contributed by atoms with Crippen molar-refractivity contribution >= 4 is 0 Å². The fourth-order valence-corrected chi connectivity index (χ4v) is 2.57. The second kappa shape index (κ2) is 5.68. The summed E-state index contributed by atoms with van der Waals surface area (Å²) < 4.78 is 5.16. The van der Waals surface area contributed by atoms with E-state index in [2.05, 4.69) is 19.9 Å². The van der Waals surface area contributed by atoms with Crippen LogP contribution < -0.4 is 4.74 Å². The SMILES string of the molecule is COc1ccc(CC(C)(O)c2cccc(C)c2C)cc1. The molecule has 0 aliphatic carbocycles. The van der Waals surface area contributed by atoms with E-state index < -0.39 is 5.60 Å². The van der Waals surface area contributed by atoms with Gasteiger partial charge in [-0.3, -0.25) is 0 Å². The van der Waals surface area contributed by atoms with Crippen LogP contribution in [0, 0.1) is 13.8 Å². The Hall–Kier alpha value is -1.80. The fraction of sp³-hybridized carbons (Fsp3) is 0.333. The summed E-state index contributed by atoms with van der Waals surface area (Å²) in [6.45, 7) is 6.01. The summed E-state index contributed by atoms with van der Waals surface area (Å²) in [6, 6.07) is 13.9. The molecule has 0 heterocycles. The van der Waals surface area contributed by atoms with Gasteiger partial charge in [-0.15, -0.1) is 0 Å². The number of aliphatic hydroxyl groups is 1. The molecule has 0 saturated heterocycles. The molecule has 2 aromatic carbocycles. The van der Waals surface area contributed by atoms with Gasteiger partial charge in [0, 0.05) is 6.42 Å². The zero-order chi connectivity index (χ0) is 14.8. The van der Waals surface area contributed by atoms with Crippen LogP contribution >= 0.6 is 0 Å². The smallest absolute Gasteiger partial charge is 0.118 e. The minimum atomic E-state index is -0.870. The van der Waals surface area contributed by atoms with Gasteiger partial charge in [-0.25, -0.2) is 0 Å². The lowest BCUT2D eigenvalue weighted by Crippen LogP contribution is -2.25. The fourth-order valence-electron chi connectivity index (χ4n) is 2.57. The van der Waals surface area contributed by atoms with Gasteiger partial charge in [-0.1, -0.05) is 30.3 Å². The lowest BCUT2D eigenvalue weighted by molar-refractivity contribution is 0.0569. The molecule has 0 amide bonds. The molecule has 2 rings (SSSR count). The molecule has 0 fully saturated rings. The van der Waals surface area contributed by atoms with Crippen LogP contribution in [0.15, 0.2) is 42.5 Å². The maximum absolute atomic E-state index is 10.8. The number of benzene rings is 2. The molecule has 0 aromatic heterocycles. The monoisotopic (exact) mass is 270 g/mol. The van der Waals surface area contributed by atoms with Crippen molar-refractivity contribution in [1.29, 1.82) is 0 Å². The highest BCUT2D eigenvalue weighted by Crippen LogP contribution is 2.29. The summed E-state index contributed by atoms with van der Waals surface area (Å²) in [7, 11) is 1.65. The highest BCUT2D eigenvalue weighted by atomic mass is 16.5. The van der Waals surface area contributed by atoms with Crippen molar-refractivity contribution in [3.05, 3.63) is 64.7 Å². The van der Waals surface area contributed by atoms with Crippen molar-refractivity contribution in [2.75, 3.05) is 7.11 Å². The average molecular weight is 270 g/mol. The van der Waals surface area contributed by atoms with Crippen LogP contribution in [0.25, 0.3) is 0 Å². The largest absolute Gasteiger partial charge is 0.497 e. The third-order valence-electron chi connectivity index (χ3n) is 3.89.